The third-order valence-electron chi connectivity index (χ3n) is 1.92. The molecule has 0 radical (unpaired) electrons. The van der Waals surface area contributed by atoms with Gasteiger partial charge in [-0.2, -0.15) is 10.2 Å². The molecule has 1 atom stereocenters. The normalized spacial score (nSPS) is 13.0. The van der Waals surface area contributed by atoms with Crippen LogP contribution in [0.25, 0.3) is 0 Å². The van der Waals surface area contributed by atoms with Gasteiger partial charge in [-0.3, -0.25) is 9.78 Å². The number of aromatic amines is 1. The lowest BCUT2D eigenvalue weighted by atomic mass is 10.2. The van der Waals surface area contributed by atoms with Crippen LogP contribution in [0.3, 0.4) is 0 Å². The van der Waals surface area contributed by atoms with Gasteiger partial charge in [0.25, 0.3) is 0 Å². The van der Waals surface area contributed by atoms with Crippen LogP contribution in [-0.2, 0) is 13.5 Å². The van der Waals surface area contributed by atoms with Crippen LogP contribution in [0.5, 0.6) is 0 Å². The van der Waals surface area contributed by atoms with Gasteiger partial charge in [0.2, 0.25) is 0 Å². The molecule has 0 aliphatic heterocycles. The van der Waals surface area contributed by atoms with Gasteiger partial charge in [-0.15, -0.1) is 0 Å². The number of H-pyrrole nitrogens is 1. The highest BCUT2D eigenvalue weighted by Crippen LogP contribution is 2.11. The molecule has 0 saturated carbocycles. The highest BCUT2D eigenvalue weighted by Gasteiger charge is 2.12. The lowest BCUT2D eigenvalue weighted by Crippen LogP contribution is -2.05. The SMILES string of the molecule is Cn1ccc(CC(O)c2ncn[nH]2)n1. The molecule has 0 bridgehead atoms. The Bertz CT molecular complexity index is 394. The summed E-state index contributed by atoms with van der Waals surface area (Å²) in [4.78, 5) is 3.87. The summed E-state index contributed by atoms with van der Waals surface area (Å²) in [6.07, 6.45) is 2.97. The van der Waals surface area contributed by atoms with Crippen LogP contribution in [0, 0.1) is 0 Å². The van der Waals surface area contributed by atoms with E-state index in [2.05, 4.69) is 20.3 Å². The van der Waals surface area contributed by atoms with Gasteiger partial charge < -0.3 is 5.11 Å². The van der Waals surface area contributed by atoms with Crippen LogP contribution < -0.4 is 0 Å². The zero-order valence-corrected chi connectivity index (χ0v) is 7.75. The third kappa shape index (κ3) is 1.80. The fourth-order valence-corrected chi connectivity index (χ4v) is 1.24. The van der Waals surface area contributed by atoms with Gasteiger partial charge in [0.1, 0.15) is 12.4 Å². The Hall–Kier alpha value is -1.69. The van der Waals surface area contributed by atoms with Gasteiger partial charge in [-0.05, 0) is 6.07 Å². The lowest BCUT2D eigenvalue weighted by molar-refractivity contribution is 0.167. The van der Waals surface area contributed by atoms with Crippen LogP contribution in [0.1, 0.15) is 17.6 Å². The van der Waals surface area contributed by atoms with E-state index in [1.807, 2.05) is 19.3 Å². The van der Waals surface area contributed by atoms with Crippen molar-refractivity contribution in [2.45, 2.75) is 12.5 Å². The summed E-state index contributed by atoms with van der Waals surface area (Å²) in [5, 5.41) is 20.1. The highest BCUT2D eigenvalue weighted by molar-refractivity contribution is 5.03. The van der Waals surface area contributed by atoms with Crippen molar-refractivity contribution >= 4 is 0 Å². The monoisotopic (exact) mass is 193 g/mol. The van der Waals surface area contributed by atoms with Gasteiger partial charge in [-0.25, -0.2) is 4.98 Å². The number of aromatic nitrogens is 5. The Morgan fingerprint density at radius 3 is 3.07 bits per heavy atom. The molecule has 6 heteroatoms. The quantitative estimate of drug-likeness (QED) is 0.708. The van der Waals surface area contributed by atoms with Gasteiger partial charge in [0.15, 0.2) is 5.82 Å². The first kappa shape index (κ1) is 8.89. The molecule has 14 heavy (non-hydrogen) atoms. The zero-order chi connectivity index (χ0) is 9.97. The molecular weight excluding hydrogens is 182 g/mol. The van der Waals surface area contributed by atoms with Crippen LogP contribution in [0.15, 0.2) is 18.6 Å². The molecule has 2 rings (SSSR count). The Kier molecular flexibility index (Phi) is 2.28. The highest BCUT2D eigenvalue weighted by atomic mass is 16.3. The number of aryl methyl sites for hydroxylation is 1. The summed E-state index contributed by atoms with van der Waals surface area (Å²) < 4.78 is 1.70. The maximum Gasteiger partial charge on any atom is 0.153 e. The molecule has 2 aromatic rings. The number of rotatable bonds is 3. The zero-order valence-electron chi connectivity index (χ0n) is 7.75. The molecule has 1 unspecified atom stereocenters. The molecule has 0 aromatic carbocycles. The number of hydrogen-bond donors (Lipinski definition) is 2. The van der Waals surface area contributed by atoms with Crippen molar-refractivity contribution in [1.82, 2.24) is 25.0 Å². The van der Waals surface area contributed by atoms with E-state index in [0.29, 0.717) is 12.2 Å². The molecule has 0 amide bonds. The molecule has 0 aliphatic rings. The van der Waals surface area contributed by atoms with Crippen molar-refractivity contribution < 1.29 is 5.11 Å². The van der Waals surface area contributed by atoms with E-state index in [0.717, 1.165) is 5.69 Å². The first-order chi connectivity index (χ1) is 6.75. The Balaban J connectivity index is 2.05. The molecule has 2 aromatic heterocycles. The summed E-state index contributed by atoms with van der Waals surface area (Å²) in [5.74, 6) is 0.468. The Morgan fingerprint density at radius 2 is 2.50 bits per heavy atom. The van der Waals surface area contributed by atoms with E-state index in [1.165, 1.54) is 6.33 Å². The fraction of sp³-hybridized carbons (Fsp3) is 0.375. The van der Waals surface area contributed by atoms with Gasteiger partial charge >= 0.3 is 0 Å². The molecule has 0 aliphatic carbocycles. The molecule has 0 spiro atoms. The fourth-order valence-electron chi connectivity index (χ4n) is 1.24. The molecule has 2 heterocycles. The number of nitrogens with one attached hydrogen (secondary N) is 1. The molecular formula is C8H11N5O. The van der Waals surface area contributed by atoms with E-state index < -0.39 is 6.10 Å². The van der Waals surface area contributed by atoms with Crippen molar-refractivity contribution in [2.24, 2.45) is 7.05 Å². The third-order valence-corrected chi connectivity index (χ3v) is 1.92. The number of hydrogen-bond acceptors (Lipinski definition) is 4. The average molecular weight is 193 g/mol. The topological polar surface area (TPSA) is 79.6 Å². The number of aliphatic hydroxyl groups excluding tert-OH is 1. The van der Waals surface area contributed by atoms with Crippen LogP contribution in [0.4, 0.5) is 0 Å². The van der Waals surface area contributed by atoms with E-state index >= 15 is 0 Å². The average Bonchev–Trinajstić information content (AvgIpc) is 2.75. The summed E-state index contributed by atoms with van der Waals surface area (Å²) >= 11 is 0. The Morgan fingerprint density at radius 1 is 1.64 bits per heavy atom. The summed E-state index contributed by atoms with van der Waals surface area (Å²) in [5.41, 5.74) is 0.830. The minimum absolute atomic E-state index is 0.441. The maximum atomic E-state index is 9.69. The lowest BCUT2D eigenvalue weighted by Gasteiger charge is -2.03. The minimum atomic E-state index is -0.674. The van der Waals surface area contributed by atoms with Gasteiger partial charge in [0.05, 0.1) is 5.69 Å². The van der Waals surface area contributed by atoms with E-state index in [9.17, 15) is 5.11 Å². The largest absolute Gasteiger partial charge is 0.385 e. The van der Waals surface area contributed by atoms with Crippen molar-refractivity contribution in [3.8, 4) is 0 Å². The van der Waals surface area contributed by atoms with Crippen molar-refractivity contribution in [2.75, 3.05) is 0 Å². The standard InChI is InChI=1S/C8H11N5O/c1-13-3-2-6(12-13)4-7(14)8-9-5-10-11-8/h2-3,5,7,14H,4H2,1H3,(H,9,10,11). The first-order valence-corrected chi connectivity index (χ1v) is 4.27. The second-order valence-electron chi connectivity index (χ2n) is 3.07. The predicted octanol–water partition coefficient (Wildman–Crippen LogP) is -0.186. The second-order valence-corrected chi connectivity index (χ2v) is 3.07. The number of nitrogens with zero attached hydrogens (tertiary/aromatic N) is 4. The smallest absolute Gasteiger partial charge is 0.153 e. The van der Waals surface area contributed by atoms with Crippen LogP contribution >= 0.6 is 0 Å². The van der Waals surface area contributed by atoms with Gasteiger partial charge in [-0.1, -0.05) is 0 Å². The molecule has 0 saturated heterocycles. The maximum absolute atomic E-state index is 9.69. The van der Waals surface area contributed by atoms with Gasteiger partial charge in [0, 0.05) is 19.7 Å². The predicted molar refractivity (Wildman–Crippen MR) is 48.3 cm³/mol. The Labute approximate surface area is 80.6 Å². The van der Waals surface area contributed by atoms with Crippen molar-refractivity contribution in [3.63, 3.8) is 0 Å². The molecule has 0 fully saturated rings. The molecule has 74 valence electrons. The van der Waals surface area contributed by atoms with Crippen molar-refractivity contribution in [3.05, 3.63) is 30.1 Å². The van der Waals surface area contributed by atoms with Crippen molar-refractivity contribution in [1.29, 1.82) is 0 Å². The first-order valence-electron chi connectivity index (χ1n) is 4.27. The molecule has 2 N–H and O–H groups in total. The second kappa shape index (κ2) is 3.59. The van der Waals surface area contributed by atoms with E-state index in [4.69, 9.17) is 0 Å². The summed E-state index contributed by atoms with van der Waals surface area (Å²) in [7, 11) is 1.84. The number of aliphatic hydroxyl groups is 1. The minimum Gasteiger partial charge on any atom is -0.385 e. The van der Waals surface area contributed by atoms with E-state index in [1.54, 1.807) is 4.68 Å². The summed E-state index contributed by atoms with van der Waals surface area (Å²) in [6, 6.07) is 1.86. The van der Waals surface area contributed by atoms with Crippen LogP contribution in [0.2, 0.25) is 0 Å². The van der Waals surface area contributed by atoms with Crippen LogP contribution in [-0.4, -0.2) is 30.1 Å². The molecule has 6 nitrogen and oxygen atoms in total. The summed E-state index contributed by atoms with van der Waals surface area (Å²) in [6.45, 7) is 0. The van der Waals surface area contributed by atoms with E-state index in [-0.39, 0.29) is 0 Å².